The summed E-state index contributed by atoms with van der Waals surface area (Å²) in [5.41, 5.74) is 0. The lowest BCUT2D eigenvalue weighted by atomic mass is 10.4. The van der Waals surface area contributed by atoms with Gasteiger partial charge in [-0.1, -0.05) is 26.7 Å². The molecule has 0 spiro atoms. The monoisotopic (exact) mass is 173 g/mol. The van der Waals surface area contributed by atoms with Gasteiger partial charge in [0.1, 0.15) is 6.61 Å². The minimum absolute atomic E-state index is 0.629. The van der Waals surface area contributed by atoms with Gasteiger partial charge < -0.3 is 9.47 Å². The Balaban J connectivity index is 2.73. The zero-order valence-electron chi connectivity index (χ0n) is 8.34. The van der Waals surface area contributed by atoms with Crippen LogP contribution in [0, 0.1) is 6.61 Å². The molecular formula is C10H21O2. The van der Waals surface area contributed by atoms with Crippen molar-refractivity contribution in [1.82, 2.24) is 0 Å². The number of ether oxygens (including phenoxy) is 2. The molecule has 0 aliphatic heterocycles. The van der Waals surface area contributed by atoms with Crippen LogP contribution in [-0.2, 0) is 9.47 Å². The molecule has 0 aromatic heterocycles. The van der Waals surface area contributed by atoms with Crippen molar-refractivity contribution in [1.29, 1.82) is 0 Å². The third-order valence-electron chi connectivity index (χ3n) is 1.56. The summed E-state index contributed by atoms with van der Waals surface area (Å²) in [5.74, 6) is 0. The molecule has 2 nitrogen and oxygen atoms in total. The predicted molar refractivity (Wildman–Crippen MR) is 50.9 cm³/mol. The summed E-state index contributed by atoms with van der Waals surface area (Å²) in [4.78, 5) is 0. The minimum atomic E-state index is 0.629. The van der Waals surface area contributed by atoms with E-state index in [0.717, 1.165) is 26.1 Å². The summed E-state index contributed by atoms with van der Waals surface area (Å²) >= 11 is 0. The lowest BCUT2D eigenvalue weighted by molar-refractivity contribution is 0.0877. The Morgan fingerprint density at radius 1 is 1.00 bits per heavy atom. The molecule has 0 aliphatic carbocycles. The molecule has 0 saturated carbocycles. The first-order valence-corrected chi connectivity index (χ1v) is 4.92. The van der Waals surface area contributed by atoms with Crippen LogP contribution in [0.25, 0.3) is 0 Å². The number of unbranched alkanes of at least 4 members (excludes halogenated alkanes) is 2. The van der Waals surface area contributed by atoms with Crippen molar-refractivity contribution in [2.24, 2.45) is 0 Å². The number of hydrogen-bond acceptors (Lipinski definition) is 2. The third kappa shape index (κ3) is 9.92. The van der Waals surface area contributed by atoms with Crippen molar-refractivity contribution in [2.45, 2.75) is 39.5 Å². The normalized spacial score (nSPS) is 10.5. The van der Waals surface area contributed by atoms with Gasteiger partial charge in [-0.2, -0.15) is 0 Å². The number of rotatable bonds is 9. The van der Waals surface area contributed by atoms with Crippen LogP contribution in [0.4, 0.5) is 0 Å². The highest BCUT2D eigenvalue weighted by molar-refractivity contribution is 4.47. The number of hydrogen-bond donors (Lipinski definition) is 0. The largest absolute Gasteiger partial charge is 0.379 e. The van der Waals surface area contributed by atoms with Crippen molar-refractivity contribution in [3.8, 4) is 0 Å². The molecule has 0 amide bonds. The first kappa shape index (κ1) is 11.9. The Kier molecular flexibility index (Phi) is 10.8. The van der Waals surface area contributed by atoms with E-state index in [2.05, 4.69) is 13.8 Å². The summed E-state index contributed by atoms with van der Waals surface area (Å²) in [6, 6.07) is 0. The maximum atomic E-state index is 5.27. The second-order valence-corrected chi connectivity index (χ2v) is 2.82. The molecular weight excluding hydrogens is 152 g/mol. The maximum absolute atomic E-state index is 5.27. The fraction of sp³-hybridized carbons (Fsp3) is 0.900. The van der Waals surface area contributed by atoms with E-state index in [9.17, 15) is 0 Å². The lowest BCUT2D eigenvalue weighted by Gasteiger charge is -2.03. The summed E-state index contributed by atoms with van der Waals surface area (Å²) in [5, 5.41) is 0. The van der Waals surface area contributed by atoms with E-state index in [4.69, 9.17) is 9.47 Å². The van der Waals surface area contributed by atoms with Gasteiger partial charge in [-0.3, -0.25) is 0 Å². The van der Waals surface area contributed by atoms with E-state index in [1.54, 1.807) is 6.61 Å². The van der Waals surface area contributed by atoms with Gasteiger partial charge in [0.2, 0.25) is 0 Å². The SMILES string of the molecule is CCCCO[CH]COCCCC. The average molecular weight is 173 g/mol. The fourth-order valence-electron chi connectivity index (χ4n) is 0.737. The van der Waals surface area contributed by atoms with E-state index in [-0.39, 0.29) is 0 Å². The van der Waals surface area contributed by atoms with Gasteiger partial charge in [-0.15, -0.1) is 0 Å². The zero-order valence-corrected chi connectivity index (χ0v) is 8.34. The molecule has 0 unspecified atom stereocenters. The Labute approximate surface area is 76.3 Å². The van der Waals surface area contributed by atoms with Crippen LogP contribution in [0.15, 0.2) is 0 Å². The molecule has 2 heteroatoms. The first-order valence-electron chi connectivity index (χ1n) is 4.92. The molecule has 0 aliphatic rings. The summed E-state index contributed by atoms with van der Waals surface area (Å²) in [6.45, 7) is 8.37. The van der Waals surface area contributed by atoms with Crippen LogP contribution >= 0.6 is 0 Å². The second kappa shape index (κ2) is 10.9. The van der Waals surface area contributed by atoms with Gasteiger partial charge in [0.05, 0.1) is 6.61 Å². The molecule has 0 aromatic rings. The van der Waals surface area contributed by atoms with Crippen molar-refractivity contribution in [3.05, 3.63) is 6.61 Å². The Hall–Kier alpha value is -0.0800. The molecule has 0 atom stereocenters. The van der Waals surface area contributed by atoms with E-state index in [1.165, 1.54) is 12.8 Å². The first-order chi connectivity index (χ1) is 5.91. The van der Waals surface area contributed by atoms with Gasteiger partial charge in [0.15, 0.2) is 0 Å². The smallest absolute Gasteiger partial charge is 0.109 e. The topological polar surface area (TPSA) is 18.5 Å². The molecule has 0 saturated heterocycles. The average Bonchev–Trinajstić information content (AvgIpc) is 2.10. The summed E-state index contributed by atoms with van der Waals surface area (Å²) in [6.07, 6.45) is 4.65. The van der Waals surface area contributed by atoms with E-state index < -0.39 is 0 Å². The predicted octanol–water partition coefficient (Wildman–Crippen LogP) is 2.78. The lowest BCUT2D eigenvalue weighted by Crippen LogP contribution is -2.00. The van der Waals surface area contributed by atoms with Crippen LogP contribution in [-0.4, -0.2) is 19.8 Å². The quantitative estimate of drug-likeness (QED) is 0.499. The molecule has 0 fully saturated rings. The molecule has 0 heterocycles. The maximum Gasteiger partial charge on any atom is 0.109 e. The molecule has 0 aromatic carbocycles. The third-order valence-corrected chi connectivity index (χ3v) is 1.56. The van der Waals surface area contributed by atoms with E-state index >= 15 is 0 Å². The molecule has 73 valence electrons. The molecule has 1 radical (unpaired) electrons. The van der Waals surface area contributed by atoms with Crippen molar-refractivity contribution in [3.63, 3.8) is 0 Å². The van der Waals surface area contributed by atoms with Crippen LogP contribution in [0.2, 0.25) is 0 Å². The van der Waals surface area contributed by atoms with Gasteiger partial charge in [-0.25, -0.2) is 0 Å². The molecule has 0 bridgehead atoms. The minimum Gasteiger partial charge on any atom is -0.379 e. The van der Waals surface area contributed by atoms with Crippen LogP contribution in [0.3, 0.4) is 0 Å². The molecule has 12 heavy (non-hydrogen) atoms. The van der Waals surface area contributed by atoms with E-state index in [0.29, 0.717) is 6.61 Å². The summed E-state index contributed by atoms with van der Waals surface area (Å²) < 4.78 is 10.5. The van der Waals surface area contributed by atoms with E-state index in [1.807, 2.05) is 0 Å². The highest BCUT2D eigenvalue weighted by Crippen LogP contribution is 1.92. The summed E-state index contributed by atoms with van der Waals surface area (Å²) in [7, 11) is 0. The van der Waals surface area contributed by atoms with Gasteiger partial charge >= 0.3 is 0 Å². The fourth-order valence-corrected chi connectivity index (χ4v) is 0.737. The zero-order chi connectivity index (χ0) is 9.07. The van der Waals surface area contributed by atoms with Crippen molar-refractivity contribution in [2.75, 3.05) is 19.8 Å². The van der Waals surface area contributed by atoms with Gasteiger partial charge in [0, 0.05) is 13.2 Å². The van der Waals surface area contributed by atoms with Gasteiger partial charge in [0.25, 0.3) is 0 Å². The van der Waals surface area contributed by atoms with Crippen LogP contribution in [0.5, 0.6) is 0 Å². The molecule has 0 N–H and O–H groups in total. The Morgan fingerprint density at radius 2 is 1.67 bits per heavy atom. The standard InChI is InChI=1S/C10H21O2/c1-3-5-7-11-9-10-12-8-6-4-2/h9H,3-8,10H2,1-2H3. The van der Waals surface area contributed by atoms with Gasteiger partial charge in [-0.05, 0) is 12.8 Å². The van der Waals surface area contributed by atoms with Crippen LogP contribution < -0.4 is 0 Å². The Morgan fingerprint density at radius 3 is 2.33 bits per heavy atom. The Bertz CT molecular complexity index is 64.2. The van der Waals surface area contributed by atoms with Crippen LogP contribution in [0.1, 0.15) is 39.5 Å². The van der Waals surface area contributed by atoms with Crippen molar-refractivity contribution < 1.29 is 9.47 Å². The highest BCUT2D eigenvalue weighted by Gasteiger charge is 1.89. The second-order valence-electron chi connectivity index (χ2n) is 2.82. The highest BCUT2D eigenvalue weighted by atomic mass is 16.5. The molecule has 0 rings (SSSR count). The van der Waals surface area contributed by atoms with Crippen molar-refractivity contribution >= 4 is 0 Å².